The number of methoxy groups -OCH3 is 1. The van der Waals surface area contributed by atoms with Crippen molar-refractivity contribution in [3.05, 3.63) is 151 Å². The SMILES string of the molecule is COc1cc[c-]c(-c2cc[c]([Ge]([CH3])([CH3])[CH3])cn2)c1.Cc1cc(-c2cccc(-c3cccc4c3oc3c(-c5ccccn5)[c-]cc(C)c34)c2)cc(C)n1.[Ir]. The van der Waals surface area contributed by atoms with Crippen LogP contribution in [0.2, 0.25) is 17.3 Å². The molecule has 0 unspecified atom stereocenters. The van der Waals surface area contributed by atoms with E-state index in [1.165, 1.54) is 9.96 Å². The molecule has 0 N–H and O–H groups in total. The van der Waals surface area contributed by atoms with Crippen LogP contribution in [0.15, 0.2) is 126 Å². The van der Waals surface area contributed by atoms with Crippen molar-refractivity contribution in [1.29, 1.82) is 0 Å². The Bertz CT molecular complexity index is 2500. The number of nitrogens with zero attached hydrogens (tertiary/aromatic N) is 3. The summed E-state index contributed by atoms with van der Waals surface area (Å²) in [6, 6.07) is 43.8. The first-order valence-electron chi connectivity index (χ1n) is 17.5. The molecule has 0 fully saturated rings. The molecule has 0 saturated carbocycles. The van der Waals surface area contributed by atoms with Crippen molar-refractivity contribution in [1.82, 2.24) is 15.0 Å². The van der Waals surface area contributed by atoms with Crippen LogP contribution >= 0.6 is 0 Å². The first-order chi connectivity index (χ1) is 25.1. The smallest absolute Gasteiger partial charge is 0.128 e. The van der Waals surface area contributed by atoms with E-state index in [2.05, 4.69) is 118 Å². The largest absolute Gasteiger partial charge is 0.500 e. The molecule has 8 aromatic rings. The molecule has 4 aromatic carbocycles. The Morgan fingerprint density at radius 3 is 2.17 bits per heavy atom. The molecule has 8 rings (SSSR count). The maximum Gasteiger partial charge on any atom is 0.128 e. The molecule has 4 aromatic heterocycles. The quantitative estimate of drug-likeness (QED) is 0.123. The van der Waals surface area contributed by atoms with Crippen molar-refractivity contribution in [2.24, 2.45) is 0 Å². The van der Waals surface area contributed by atoms with Gasteiger partial charge in [0.1, 0.15) is 5.58 Å². The number of fused-ring (bicyclic) bond motifs is 3. The fraction of sp³-hybridized carbons (Fsp3) is 0.152. The van der Waals surface area contributed by atoms with Crippen LogP contribution in [0.3, 0.4) is 0 Å². The van der Waals surface area contributed by atoms with E-state index in [9.17, 15) is 0 Å². The summed E-state index contributed by atoms with van der Waals surface area (Å²) in [6.45, 7) is 6.18. The number of rotatable bonds is 6. The second-order valence-electron chi connectivity index (χ2n) is 14.1. The molecule has 7 heteroatoms. The Labute approximate surface area is 328 Å². The van der Waals surface area contributed by atoms with Gasteiger partial charge in [-0.3, -0.25) is 4.98 Å². The fourth-order valence-corrected chi connectivity index (χ4v) is 8.69. The molecule has 0 aliphatic carbocycles. The van der Waals surface area contributed by atoms with Gasteiger partial charge < -0.3 is 9.40 Å². The van der Waals surface area contributed by atoms with Gasteiger partial charge in [-0.2, -0.15) is 0 Å². The van der Waals surface area contributed by atoms with E-state index in [1.54, 1.807) is 13.3 Å². The minimum absolute atomic E-state index is 0. The van der Waals surface area contributed by atoms with Gasteiger partial charge in [-0.25, -0.2) is 0 Å². The molecule has 0 bridgehead atoms. The van der Waals surface area contributed by atoms with Gasteiger partial charge in [-0.05, 0) is 60.5 Å². The van der Waals surface area contributed by atoms with Crippen LogP contribution in [0.4, 0.5) is 0 Å². The number of para-hydroxylation sites is 1. The van der Waals surface area contributed by atoms with Gasteiger partial charge in [0.05, 0.1) is 5.58 Å². The van der Waals surface area contributed by atoms with E-state index in [1.807, 2.05) is 62.5 Å². The van der Waals surface area contributed by atoms with E-state index in [0.29, 0.717) is 0 Å². The molecular weight excluding hydrogens is 891 g/mol. The van der Waals surface area contributed by atoms with Crippen LogP contribution in [0, 0.1) is 32.9 Å². The Balaban J connectivity index is 0.000000215. The summed E-state index contributed by atoms with van der Waals surface area (Å²) in [5.74, 6) is 7.94. The van der Waals surface area contributed by atoms with E-state index >= 15 is 0 Å². The minimum Gasteiger partial charge on any atom is -0.500 e. The van der Waals surface area contributed by atoms with Gasteiger partial charge in [-0.15, -0.1) is 17.7 Å². The number of aromatic nitrogens is 3. The van der Waals surface area contributed by atoms with Crippen molar-refractivity contribution in [2.45, 2.75) is 38.0 Å². The van der Waals surface area contributed by atoms with Crippen molar-refractivity contribution >= 4 is 39.6 Å². The maximum atomic E-state index is 6.61. The van der Waals surface area contributed by atoms with Crippen molar-refractivity contribution in [2.75, 3.05) is 7.11 Å². The zero-order chi connectivity index (χ0) is 36.4. The van der Waals surface area contributed by atoms with Crippen molar-refractivity contribution < 1.29 is 29.3 Å². The van der Waals surface area contributed by atoms with E-state index in [-0.39, 0.29) is 20.1 Å². The molecular formula is C46H41GeIrN3O2-2. The van der Waals surface area contributed by atoms with Gasteiger partial charge in [0.25, 0.3) is 0 Å². The molecule has 53 heavy (non-hydrogen) atoms. The number of hydrogen-bond acceptors (Lipinski definition) is 5. The van der Waals surface area contributed by atoms with E-state index in [0.717, 1.165) is 83.8 Å². The Morgan fingerprint density at radius 2 is 1.47 bits per heavy atom. The molecule has 267 valence electrons. The van der Waals surface area contributed by atoms with Gasteiger partial charge in [0.15, 0.2) is 0 Å². The Hall–Kier alpha value is -4.88. The van der Waals surface area contributed by atoms with E-state index in [4.69, 9.17) is 9.15 Å². The molecule has 0 saturated heterocycles. The van der Waals surface area contributed by atoms with Crippen LogP contribution < -0.4 is 9.13 Å². The number of pyridine rings is 3. The summed E-state index contributed by atoms with van der Waals surface area (Å²) in [5.41, 5.74) is 13.1. The second kappa shape index (κ2) is 16.0. The predicted octanol–water partition coefficient (Wildman–Crippen LogP) is 11.2. The fourth-order valence-electron chi connectivity index (χ4n) is 6.52. The zero-order valence-corrected chi connectivity index (χ0v) is 35.5. The third-order valence-corrected chi connectivity index (χ3v) is 13.4. The van der Waals surface area contributed by atoms with Crippen molar-refractivity contribution in [3.8, 4) is 50.5 Å². The van der Waals surface area contributed by atoms with Gasteiger partial charge in [0.2, 0.25) is 0 Å². The summed E-state index contributed by atoms with van der Waals surface area (Å²) >= 11 is -1.76. The Kier molecular flexibility index (Phi) is 11.4. The van der Waals surface area contributed by atoms with Crippen molar-refractivity contribution in [3.63, 3.8) is 0 Å². The third kappa shape index (κ3) is 8.21. The average molecular weight is 933 g/mol. The van der Waals surface area contributed by atoms with Crippen LogP contribution in [0.5, 0.6) is 5.75 Å². The summed E-state index contributed by atoms with van der Waals surface area (Å²) in [7, 11) is 1.67. The molecule has 1 radical (unpaired) electrons. The molecule has 5 nitrogen and oxygen atoms in total. The number of ether oxygens (including phenoxy) is 1. The zero-order valence-electron chi connectivity index (χ0n) is 31.0. The molecule has 4 heterocycles. The molecule has 0 amide bonds. The molecule has 0 spiro atoms. The molecule has 0 aliphatic rings. The van der Waals surface area contributed by atoms with Gasteiger partial charge in [0, 0.05) is 48.6 Å². The summed E-state index contributed by atoms with van der Waals surface area (Å²) in [4.78, 5) is 13.6. The molecule has 0 aliphatic heterocycles. The van der Waals surface area contributed by atoms with Gasteiger partial charge >= 0.3 is 111 Å². The molecule has 0 atom stereocenters. The third-order valence-electron chi connectivity index (χ3n) is 9.19. The maximum absolute atomic E-state index is 6.61. The second-order valence-corrected chi connectivity index (χ2v) is 24.7. The first kappa shape index (κ1) is 37.9. The van der Waals surface area contributed by atoms with Gasteiger partial charge in [-0.1, -0.05) is 66.4 Å². The minimum atomic E-state index is -1.76. The number of aryl methyl sites for hydroxylation is 3. The first-order valence-corrected chi connectivity index (χ1v) is 24.8. The van der Waals surface area contributed by atoms with Crippen LogP contribution in [0.25, 0.3) is 66.7 Å². The standard InChI is InChI=1S/C31H23N2O.C15H18GeNO.Ir/c1-19-13-14-26(28-12-4-5-15-32-28)31-29(19)27-11-7-10-25(30(27)34-31)23-9-6-8-22(18-23)24-16-20(2)33-21(3)17-24;1-16(2,3)13-8-9-15(17-11-13)12-6-5-7-14(10-12)18-4;/h4-13,15-18H,1-3H3;5,7-11H,1-4H3;/q2*-1;. The number of benzene rings is 4. The van der Waals surface area contributed by atoms with Crippen LogP contribution in [-0.4, -0.2) is 35.3 Å². The van der Waals surface area contributed by atoms with Crippen LogP contribution in [0.1, 0.15) is 17.0 Å². The summed E-state index contributed by atoms with van der Waals surface area (Å²) in [6.07, 6.45) is 3.82. The Morgan fingerprint density at radius 1 is 0.698 bits per heavy atom. The van der Waals surface area contributed by atoms with E-state index < -0.39 is 13.3 Å². The average Bonchev–Trinajstić information content (AvgIpc) is 3.56. The monoisotopic (exact) mass is 934 g/mol. The summed E-state index contributed by atoms with van der Waals surface area (Å²) < 4.78 is 13.2. The predicted molar refractivity (Wildman–Crippen MR) is 217 cm³/mol. The number of furan rings is 1. The topological polar surface area (TPSA) is 61.0 Å². The normalized spacial score (nSPS) is 11.2. The number of hydrogen-bond donors (Lipinski definition) is 0. The summed E-state index contributed by atoms with van der Waals surface area (Å²) in [5, 5.41) is 2.23. The van der Waals surface area contributed by atoms with Crippen LogP contribution in [-0.2, 0) is 20.1 Å².